The van der Waals surface area contributed by atoms with Crippen molar-refractivity contribution in [3.63, 3.8) is 0 Å². The molecule has 0 bridgehead atoms. The monoisotopic (exact) mass is 484 g/mol. The summed E-state index contributed by atoms with van der Waals surface area (Å²) in [7, 11) is 0. The van der Waals surface area contributed by atoms with Crippen molar-refractivity contribution in [1.82, 2.24) is 0 Å². The van der Waals surface area contributed by atoms with Crippen molar-refractivity contribution in [2.45, 2.75) is 102 Å². The number of fused-ring (bicyclic) bond motifs is 2. The van der Waals surface area contributed by atoms with Crippen LogP contribution in [0.4, 0.5) is 0 Å². The summed E-state index contributed by atoms with van der Waals surface area (Å²) in [5.74, 6) is -2.37. The summed E-state index contributed by atoms with van der Waals surface area (Å²) in [5.41, 5.74) is -5.52. The molecule has 192 valence electrons. The molecule has 2 saturated carbocycles. The van der Waals surface area contributed by atoms with Gasteiger partial charge in [-0.1, -0.05) is 6.92 Å². The number of hydrogen-bond acceptors (Lipinski definition) is 10. The van der Waals surface area contributed by atoms with Crippen LogP contribution in [0.2, 0.25) is 0 Å². The van der Waals surface area contributed by atoms with E-state index >= 15 is 0 Å². The second-order valence-electron chi connectivity index (χ2n) is 11.2. The first kappa shape index (κ1) is 25.5. The van der Waals surface area contributed by atoms with E-state index in [1.807, 2.05) is 0 Å². The second-order valence-corrected chi connectivity index (χ2v) is 11.2. The maximum atomic E-state index is 12.3. The highest BCUT2D eigenvalue weighted by atomic mass is 16.6. The van der Waals surface area contributed by atoms with Crippen molar-refractivity contribution in [1.29, 1.82) is 0 Å². The van der Waals surface area contributed by atoms with Crippen molar-refractivity contribution in [3.05, 3.63) is 11.1 Å². The molecule has 5 N–H and O–H groups in total. The highest BCUT2D eigenvalue weighted by Crippen LogP contribution is 2.68. The van der Waals surface area contributed by atoms with Crippen molar-refractivity contribution in [2.75, 3.05) is 6.61 Å². The standard InChI is InChI=1S/C24H36O10/c1-10-13(27)8-23(21(4,5)30)16(10)17(29)19(34-12(3)26)22(6)15(33-11(2)25)7-14(28)24(31)9-32-20(23)18(22)24/h13-15,17-20,27-31H,7-9H2,1-6H3/t13-,14-,15-,17+,18-,19-,20-,22+,23-,24-/m0/s1. The Labute approximate surface area is 198 Å². The van der Waals surface area contributed by atoms with Gasteiger partial charge in [-0.3, -0.25) is 9.59 Å². The zero-order valence-electron chi connectivity index (χ0n) is 20.4. The molecule has 0 radical (unpaired) electrons. The fourth-order valence-electron chi connectivity index (χ4n) is 7.52. The van der Waals surface area contributed by atoms with Crippen LogP contribution in [0.1, 0.15) is 54.4 Å². The summed E-state index contributed by atoms with van der Waals surface area (Å²) in [6, 6.07) is 0. The van der Waals surface area contributed by atoms with Gasteiger partial charge in [0.15, 0.2) is 0 Å². The first-order valence-electron chi connectivity index (χ1n) is 11.7. The van der Waals surface area contributed by atoms with Crippen LogP contribution < -0.4 is 0 Å². The minimum Gasteiger partial charge on any atom is -0.462 e. The number of carbonyl (C=O) groups excluding carboxylic acids is 2. The number of aliphatic hydroxyl groups excluding tert-OH is 3. The van der Waals surface area contributed by atoms with Crippen molar-refractivity contribution < 1.29 is 49.3 Å². The van der Waals surface area contributed by atoms with Gasteiger partial charge in [0.2, 0.25) is 0 Å². The first-order chi connectivity index (χ1) is 15.5. The molecule has 0 spiro atoms. The predicted octanol–water partition coefficient (Wildman–Crippen LogP) is -0.420. The number of ether oxygens (including phenoxy) is 3. The quantitative estimate of drug-likeness (QED) is 0.263. The molecule has 1 aliphatic heterocycles. The zero-order valence-corrected chi connectivity index (χ0v) is 20.4. The Morgan fingerprint density at radius 1 is 1.12 bits per heavy atom. The van der Waals surface area contributed by atoms with Crippen LogP contribution in [-0.2, 0) is 23.8 Å². The Bertz CT molecular complexity index is 923. The van der Waals surface area contributed by atoms with Gasteiger partial charge in [0, 0.05) is 26.2 Å². The molecule has 10 nitrogen and oxygen atoms in total. The Balaban J connectivity index is 2.08. The van der Waals surface area contributed by atoms with Gasteiger partial charge in [-0.2, -0.15) is 0 Å². The molecule has 1 heterocycles. The van der Waals surface area contributed by atoms with Gasteiger partial charge >= 0.3 is 11.9 Å². The van der Waals surface area contributed by atoms with Crippen LogP contribution in [0.25, 0.3) is 0 Å². The van der Waals surface area contributed by atoms with E-state index in [9.17, 15) is 35.1 Å². The molecular formula is C24H36O10. The van der Waals surface area contributed by atoms with E-state index in [-0.39, 0.29) is 25.0 Å². The normalized spacial score (nSPS) is 48.1. The number of carbonyl (C=O) groups is 2. The Hall–Kier alpha value is -1.56. The molecule has 3 fully saturated rings. The fraction of sp³-hybridized carbons (Fsp3) is 0.833. The topological polar surface area (TPSA) is 163 Å². The average Bonchev–Trinajstić information content (AvgIpc) is 3.17. The summed E-state index contributed by atoms with van der Waals surface area (Å²) in [5, 5.41) is 57.1. The van der Waals surface area contributed by atoms with Crippen LogP contribution in [0.15, 0.2) is 11.1 Å². The molecule has 10 atom stereocenters. The first-order valence-corrected chi connectivity index (χ1v) is 11.7. The second kappa shape index (κ2) is 7.72. The number of rotatable bonds is 3. The molecule has 3 aliphatic carbocycles. The fourth-order valence-corrected chi connectivity index (χ4v) is 7.52. The third kappa shape index (κ3) is 3.09. The van der Waals surface area contributed by atoms with E-state index in [1.54, 1.807) is 13.8 Å². The maximum Gasteiger partial charge on any atom is 0.303 e. The lowest BCUT2D eigenvalue weighted by atomic mass is 9.52. The van der Waals surface area contributed by atoms with Crippen LogP contribution in [0.3, 0.4) is 0 Å². The molecule has 0 aromatic rings. The lowest BCUT2D eigenvalue weighted by Crippen LogP contribution is -2.69. The van der Waals surface area contributed by atoms with Gasteiger partial charge in [0.25, 0.3) is 0 Å². The lowest BCUT2D eigenvalue weighted by molar-refractivity contribution is -0.248. The van der Waals surface area contributed by atoms with Crippen LogP contribution >= 0.6 is 0 Å². The summed E-state index contributed by atoms with van der Waals surface area (Å²) < 4.78 is 17.5. The van der Waals surface area contributed by atoms with Crippen molar-refractivity contribution >= 4 is 11.9 Å². The minimum atomic E-state index is -1.84. The molecule has 4 rings (SSSR count). The minimum absolute atomic E-state index is 0.0107. The number of hydrogen-bond donors (Lipinski definition) is 5. The summed E-state index contributed by atoms with van der Waals surface area (Å²) in [6.45, 7) is 8.47. The van der Waals surface area contributed by atoms with E-state index in [2.05, 4.69) is 0 Å². The molecule has 0 aromatic carbocycles. The van der Waals surface area contributed by atoms with E-state index in [0.717, 1.165) is 0 Å². The highest BCUT2D eigenvalue weighted by molar-refractivity contribution is 5.67. The van der Waals surface area contributed by atoms with Gasteiger partial charge in [0.1, 0.15) is 23.9 Å². The van der Waals surface area contributed by atoms with Gasteiger partial charge in [0.05, 0.1) is 41.3 Å². The van der Waals surface area contributed by atoms with Crippen LogP contribution in [-0.4, -0.2) is 91.9 Å². The third-order valence-corrected chi connectivity index (χ3v) is 9.01. The molecule has 0 aromatic heterocycles. The van der Waals surface area contributed by atoms with E-state index < -0.39 is 76.5 Å². The predicted molar refractivity (Wildman–Crippen MR) is 116 cm³/mol. The molecular weight excluding hydrogens is 448 g/mol. The highest BCUT2D eigenvalue weighted by Gasteiger charge is 2.78. The Kier molecular flexibility index (Phi) is 5.79. The van der Waals surface area contributed by atoms with Gasteiger partial charge < -0.3 is 39.7 Å². The largest absolute Gasteiger partial charge is 0.462 e. The van der Waals surface area contributed by atoms with E-state index in [0.29, 0.717) is 5.57 Å². The molecule has 34 heavy (non-hydrogen) atoms. The average molecular weight is 485 g/mol. The summed E-state index contributed by atoms with van der Waals surface area (Å²) in [4.78, 5) is 24.3. The molecule has 4 aliphatic rings. The van der Waals surface area contributed by atoms with Crippen LogP contribution in [0.5, 0.6) is 0 Å². The number of aliphatic hydroxyl groups is 5. The summed E-state index contributed by atoms with van der Waals surface area (Å²) >= 11 is 0. The SMILES string of the molecule is CC(=O)O[C@H]1C[C@H](O)[C@@]2(O)CO[C@H]3[C@H]2[C@]1(C)[C@@H](OC(C)=O)[C@H](O)C1=C(C)[C@@H](O)C[C@]13C(C)(C)O. The van der Waals surface area contributed by atoms with Crippen LogP contribution in [0, 0.1) is 16.7 Å². The van der Waals surface area contributed by atoms with E-state index in [4.69, 9.17) is 14.2 Å². The summed E-state index contributed by atoms with van der Waals surface area (Å²) in [6.07, 6.45) is -7.44. The number of esters is 2. The van der Waals surface area contributed by atoms with Crippen molar-refractivity contribution in [2.24, 2.45) is 16.7 Å². The van der Waals surface area contributed by atoms with Gasteiger partial charge in [-0.15, -0.1) is 0 Å². The van der Waals surface area contributed by atoms with Crippen molar-refractivity contribution in [3.8, 4) is 0 Å². The molecule has 0 unspecified atom stereocenters. The maximum absolute atomic E-state index is 12.3. The zero-order chi connectivity index (χ0) is 25.6. The molecule has 1 saturated heterocycles. The molecule has 0 amide bonds. The smallest absolute Gasteiger partial charge is 0.303 e. The van der Waals surface area contributed by atoms with Gasteiger partial charge in [-0.05, 0) is 38.3 Å². The third-order valence-electron chi connectivity index (χ3n) is 9.01. The molecule has 10 heteroatoms. The lowest BCUT2D eigenvalue weighted by Gasteiger charge is -2.56. The van der Waals surface area contributed by atoms with E-state index in [1.165, 1.54) is 27.7 Å². The Morgan fingerprint density at radius 3 is 2.24 bits per heavy atom. The Morgan fingerprint density at radius 2 is 1.71 bits per heavy atom. The van der Waals surface area contributed by atoms with Gasteiger partial charge in [-0.25, -0.2) is 0 Å².